The van der Waals surface area contributed by atoms with Crippen molar-refractivity contribution in [2.45, 2.75) is 11.3 Å². The first-order chi connectivity index (χ1) is 10.4. The molecule has 6 nitrogen and oxygen atoms in total. The fourth-order valence-corrected chi connectivity index (χ4v) is 3.67. The fourth-order valence-electron chi connectivity index (χ4n) is 1.70. The topological polar surface area (TPSA) is 85.4 Å². The van der Waals surface area contributed by atoms with Crippen LogP contribution < -0.4 is 4.72 Å². The standard InChI is InChI=1S/C13H13ClN2O4S2/c1-20-13(17)11-3-2-10(6-12(11)14)22(18,19)16-5-4-9-7-21-8-15-9/h2-3,6-8,16H,4-5H2,1H3. The lowest BCUT2D eigenvalue weighted by atomic mass is 10.2. The summed E-state index contributed by atoms with van der Waals surface area (Å²) in [6, 6.07) is 3.85. The summed E-state index contributed by atoms with van der Waals surface area (Å²) in [6.45, 7) is 0.225. The number of rotatable bonds is 6. The molecule has 2 aromatic rings. The Balaban J connectivity index is 2.09. The van der Waals surface area contributed by atoms with Gasteiger partial charge >= 0.3 is 5.97 Å². The molecule has 0 atom stereocenters. The number of carbonyl (C=O) groups is 1. The molecule has 0 saturated heterocycles. The van der Waals surface area contributed by atoms with Gasteiger partial charge in [0.25, 0.3) is 0 Å². The van der Waals surface area contributed by atoms with E-state index in [9.17, 15) is 13.2 Å². The van der Waals surface area contributed by atoms with E-state index in [2.05, 4.69) is 14.4 Å². The zero-order valence-corrected chi connectivity index (χ0v) is 14.0. The molecule has 0 spiro atoms. The van der Waals surface area contributed by atoms with Gasteiger partial charge < -0.3 is 4.74 Å². The maximum Gasteiger partial charge on any atom is 0.339 e. The molecule has 2 rings (SSSR count). The number of nitrogens with zero attached hydrogens (tertiary/aromatic N) is 1. The van der Waals surface area contributed by atoms with Crippen LogP contribution in [0, 0.1) is 0 Å². The Labute approximate surface area is 137 Å². The number of ether oxygens (including phenoxy) is 1. The second kappa shape index (κ2) is 7.19. The average molecular weight is 361 g/mol. The van der Waals surface area contributed by atoms with Crippen molar-refractivity contribution in [1.82, 2.24) is 9.71 Å². The van der Waals surface area contributed by atoms with Crippen LogP contribution in [0.1, 0.15) is 16.1 Å². The fraction of sp³-hybridized carbons (Fsp3) is 0.231. The number of aromatic nitrogens is 1. The highest BCUT2D eigenvalue weighted by Gasteiger charge is 2.18. The molecule has 0 aliphatic heterocycles. The van der Waals surface area contributed by atoms with Crippen molar-refractivity contribution < 1.29 is 17.9 Å². The lowest BCUT2D eigenvalue weighted by molar-refractivity contribution is 0.0601. The zero-order valence-electron chi connectivity index (χ0n) is 11.6. The van der Waals surface area contributed by atoms with Gasteiger partial charge in [-0.1, -0.05) is 11.6 Å². The van der Waals surface area contributed by atoms with Crippen LogP contribution in [0.25, 0.3) is 0 Å². The molecule has 0 unspecified atom stereocenters. The maximum absolute atomic E-state index is 12.2. The van der Waals surface area contributed by atoms with Crippen LogP contribution in [0.5, 0.6) is 0 Å². The van der Waals surface area contributed by atoms with E-state index in [4.69, 9.17) is 11.6 Å². The third-order valence-electron chi connectivity index (χ3n) is 2.81. The third-order valence-corrected chi connectivity index (χ3v) is 5.22. The lowest BCUT2D eigenvalue weighted by Crippen LogP contribution is -2.26. The predicted octanol–water partition coefficient (Wildman–Crippen LogP) is 2.10. The molecule has 1 N–H and O–H groups in total. The minimum atomic E-state index is -3.70. The second-order valence-electron chi connectivity index (χ2n) is 4.26. The van der Waals surface area contributed by atoms with Crippen molar-refractivity contribution in [2.24, 2.45) is 0 Å². The van der Waals surface area contributed by atoms with E-state index in [1.807, 2.05) is 5.38 Å². The minimum Gasteiger partial charge on any atom is -0.465 e. The van der Waals surface area contributed by atoms with Crippen molar-refractivity contribution >= 4 is 38.9 Å². The van der Waals surface area contributed by atoms with Crippen LogP contribution in [0.3, 0.4) is 0 Å². The van der Waals surface area contributed by atoms with Crippen molar-refractivity contribution in [2.75, 3.05) is 13.7 Å². The highest BCUT2D eigenvalue weighted by molar-refractivity contribution is 7.89. The summed E-state index contributed by atoms with van der Waals surface area (Å²) < 4.78 is 31.3. The second-order valence-corrected chi connectivity index (χ2v) is 7.15. The molecule has 9 heteroatoms. The Morgan fingerprint density at radius 1 is 1.45 bits per heavy atom. The number of sulfonamides is 1. The molecule has 22 heavy (non-hydrogen) atoms. The molecule has 1 aromatic heterocycles. The molecule has 0 amide bonds. The number of nitrogens with one attached hydrogen (secondary N) is 1. The number of carbonyl (C=O) groups excluding carboxylic acids is 1. The van der Waals surface area contributed by atoms with E-state index >= 15 is 0 Å². The first-order valence-electron chi connectivity index (χ1n) is 6.18. The first-order valence-corrected chi connectivity index (χ1v) is 8.99. The number of benzene rings is 1. The molecular formula is C13H13ClN2O4S2. The van der Waals surface area contributed by atoms with E-state index in [0.29, 0.717) is 6.42 Å². The van der Waals surface area contributed by atoms with E-state index in [1.165, 1.54) is 36.6 Å². The molecule has 0 bridgehead atoms. The summed E-state index contributed by atoms with van der Waals surface area (Å²) in [4.78, 5) is 15.5. The Morgan fingerprint density at radius 2 is 2.23 bits per heavy atom. The van der Waals surface area contributed by atoms with Gasteiger partial charge in [-0.05, 0) is 18.2 Å². The summed E-state index contributed by atoms with van der Waals surface area (Å²) >= 11 is 7.38. The van der Waals surface area contributed by atoms with E-state index in [0.717, 1.165) is 5.69 Å². The molecule has 0 aliphatic rings. The lowest BCUT2D eigenvalue weighted by Gasteiger charge is -2.08. The van der Waals surface area contributed by atoms with Gasteiger partial charge in [-0.25, -0.2) is 22.9 Å². The van der Waals surface area contributed by atoms with Gasteiger partial charge in [0.2, 0.25) is 10.0 Å². The van der Waals surface area contributed by atoms with Gasteiger partial charge in [-0.15, -0.1) is 11.3 Å². The normalized spacial score (nSPS) is 11.4. The Bertz CT molecular complexity index is 760. The molecule has 118 valence electrons. The largest absolute Gasteiger partial charge is 0.465 e. The van der Waals surface area contributed by atoms with Crippen molar-refractivity contribution in [3.05, 3.63) is 45.4 Å². The third kappa shape index (κ3) is 4.04. The van der Waals surface area contributed by atoms with E-state index < -0.39 is 16.0 Å². The van der Waals surface area contributed by atoms with Gasteiger partial charge in [0.05, 0.1) is 33.8 Å². The van der Waals surface area contributed by atoms with Gasteiger partial charge in [0.1, 0.15) is 0 Å². The van der Waals surface area contributed by atoms with Crippen molar-refractivity contribution in [3.63, 3.8) is 0 Å². The van der Waals surface area contributed by atoms with Crippen LogP contribution in [0.2, 0.25) is 5.02 Å². The molecule has 1 aromatic carbocycles. The van der Waals surface area contributed by atoms with Gasteiger partial charge in [0.15, 0.2) is 0 Å². The van der Waals surface area contributed by atoms with Crippen LogP contribution in [-0.4, -0.2) is 33.0 Å². The molecule has 0 fully saturated rings. The number of thiazole rings is 1. The number of methoxy groups -OCH3 is 1. The highest BCUT2D eigenvalue weighted by Crippen LogP contribution is 2.21. The summed E-state index contributed by atoms with van der Waals surface area (Å²) in [7, 11) is -2.47. The molecule has 0 saturated carbocycles. The van der Waals surface area contributed by atoms with Crippen LogP contribution in [-0.2, 0) is 21.2 Å². The number of hydrogen-bond acceptors (Lipinski definition) is 6. The molecule has 1 heterocycles. The highest BCUT2D eigenvalue weighted by atomic mass is 35.5. The smallest absolute Gasteiger partial charge is 0.339 e. The van der Waals surface area contributed by atoms with Crippen LogP contribution in [0.4, 0.5) is 0 Å². The Morgan fingerprint density at radius 3 is 2.82 bits per heavy atom. The zero-order chi connectivity index (χ0) is 16.2. The summed E-state index contributed by atoms with van der Waals surface area (Å²) in [5, 5.41) is 1.88. The van der Waals surface area contributed by atoms with Crippen LogP contribution >= 0.6 is 22.9 Å². The first kappa shape index (κ1) is 16.9. The predicted molar refractivity (Wildman–Crippen MR) is 83.8 cm³/mol. The Hall–Kier alpha value is -1.48. The molecule has 0 aliphatic carbocycles. The van der Waals surface area contributed by atoms with E-state index in [-0.39, 0.29) is 22.0 Å². The SMILES string of the molecule is COC(=O)c1ccc(S(=O)(=O)NCCc2cscn2)cc1Cl. The molecule has 0 radical (unpaired) electrons. The summed E-state index contributed by atoms with van der Waals surface area (Å²) in [5.41, 5.74) is 2.63. The van der Waals surface area contributed by atoms with Crippen molar-refractivity contribution in [1.29, 1.82) is 0 Å². The monoisotopic (exact) mass is 360 g/mol. The quantitative estimate of drug-likeness (QED) is 0.797. The number of esters is 1. The summed E-state index contributed by atoms with van der Waals surface area (Å²) in [5.74, 6) is -0.620. The van der Waals surface area contributed by atoms with Gasteiger partial charge in [-0.2, -0.15) is 0 Å². The van der Waals surface area contributed by atoms with Gasteiger partial charge in [0, 0.05) is 18.3 Å². The van der Waals surface area contributed by atoms with Gasteiger partial charge in [-0.3, -0.25) is 0 Å². The average Bonchev–Trinajstić information content (AvgIpc) is 2.99. The summed E-state index contributed by atoms with van der Waals surface area (Å²) in [6.07, 6.45) is 0.497. The maximum atomic E-state index is 12.2. The van der Waals surface area contributed by atoms with E-state index in [1.54, 1.807) is 5.51 Å². The number of hydrogen-bond donors (Lipinski definition) is 1. The molecular weight excluding hydrogens is 348 g/mol. The van der Waals surface area contributed by atoms with Crippen LogP contribution in [0.15, 0.2) is 34.0 Å². The minimum absolute atomic E-state index is 0.0107. The van der Waals surface area contributed by atoms with Crippen molar-refractivity contribution in [3.8, 4) is 0 Å². The Kier molecular flexibility index (Phi) is 5.52. The number of halogens is 1.